The molecule has 0 spiro atoms. The molecule has 1 saturated heterocycles. The Morgan fingerprint density at radius 2 is 2.39 bits per heavy atom. The average molecular weight is 270 g/mol. The van der Waals surface area contributed by atoms with Gasteiger partial charge >= 0.3 is 0 Å². The normalized spacial score (nSPS) is 23.1. The Morgan fingerprint density at radius 1 is 1.61 bits per heavy atom. The molecule has 0 aliphatic carbocycles. The van der Waals surface area contributed by atoms with Crippen molar-refractivity contribution >= 4 is 17.5 Å². The van der Waals surface area contributed by atoms with E-state index >= 15 is 0 Å². The third-order valence-corrected chi connectivity index (χ3v) is 3.33. The van der Waals surface area contributed by atoms with E-state index in [0.29, 0.717) is 23.6 Å². The fourth-order valence-electron chi connectivity index (χ4n) is 1.96. The molecule has 0 aromatic heterocycles. The third-order valence-electron chi connectivity index (χ3n) is 3.09. The van der Waals surface area contributed by atoms with Crippen molar-refractivity contribution < 1.29 is 14.6 Å². The highest BCUT2D eigenvalue weighted by Gasteiger charge is 2.32. The first kappa shape index (κ1) is 13.3. The highest BCUT2D eigenvalue weighted by molar-refractivity contribution is 6.30. The van der Waals surface area contributed by atoms with Crippen LogP contribution in [0.25, 0.3) is 0 Å². The lowest BCUT2D eigenvalue weighted by molar-refractivity contribution is 0.0264. The minimum absolute atomic E-state index is 0.202. The summed E-state index contributed by atoms with van der Waals surface area (Å²) in [5, 5.41) is 13.4. The van der Waals surface area contributed by atoms with E-state index in [1.54, 1.807) is 18.2 Å². The lowest BCUT2D eigenvalue weighted by atomic mass is 10.0. The molecule has 18 heavy (non-hydrogen) atoms. The number of aliphatic hydroxyl groups is 1. The summed E-state index contributed by atoms with van der Waals surface area (Å²) in [6, 6.07) is 5.10. The van der Waals surface area contributed by atoms with E-state index in [2.05, 4.69) is 5.32 Å². The van der Waals surface area contributed by atoms with E-state index < -0.39 is 5.60 Å². The summed E-state index contributed by atoms with van der Waals surface area (Å²) in [5.41, 5.74) is 0.451. The smallest absolute Gasteiger partial charge is 0.251 e. The summed E-state index contributed by atoms with van der Waals surface area (Å²) in [4.78, 5) is 12.0. The summed E-state index contributed by atoms with van der Waals surface area (Å²) >= 11 is 5.84. The molecule has 2 rings (SSSR count). The maximum Gasteiger partial charge on any atom is 0.251 e. The lowest BCUT2D eigenvalue weighted by Gasteiger charge is -2.20. The van der Waals surface area contributed by atoms with Crippen LogP contribution in [-0.2, 0) is 4.74 Å². The number of nitrogens with one attached hydrogen (secondary N) is 1. The third kappa shape index (κ3) is 3.02. The Morgan fingerprint density at radius 3 is 3.00 bits per heavy atom. The van der Waals surface area contributed by atoms with Gasteiger partial charge in [0, 0.05) is 30.2 Å². The molecule has 1 amide bonds. The highest BCUT2D eigenvalue weighted by Crippen LogP contribution is 2.18. The minimum atomic E-state index is -0.935. The van der Waals surface area contributed by atoms with E-state index in [1.807, 2.05) is 6.92 Å². The van der Waals surface area contributed by atoms with Gasteiger partial charge in [-0.15, -0.1) is 0 Å². The number of aryl methyl sites for hydroxylation is 1. The number of carbonyl (C=O) groups excluding carboxylic acids is 1. The molecule has 0 bridgehead atoms. The monoisotopic (exact) mass is 269 g/mol. The van der Waals surface area contributed by atoms with Gasteiger partial charge in [-0.3, -0.25) is 4.79 Å². The van der Waals surface area contributed by atoms with Crippen molar-refractivity contribution in [3.8, 4) is 0 Å². The SMILES string of the molecule is Cc1cc(Cl)ccc1C(=O)NCC1(O)CCOC1. The minimum Gasteiger partial charge on any atom is -0.386 e. The maximum atomic E-state index is 12.0. The molecule has 5 heteroatoms. The lowest BCUT2D eigenvalue weighted by Crippen LogP contribution is -2.43. The topological polar surface area (TPSA) is 58.6 Å². The number of hydrogen-bond donors (Lipinski definition) is 2. The summed E-state index contributed by atoms with van der Waals surface area (Å²) in [5.74, 6) is -0.204. The second-order valence-corrected chi connectivity index (χ2v) is 5.11. The van der Waals surface area contributed by atoms with Crippen LogP contribution in [0.15, 0.2) is 18.2 Å². The van der Waals surface area contributed by atoms with Crippen molar-refractivity contribution in [2.24, 2.45) is 0 Å². The van der Waals surface area contributed by atoms with Gasteiger partial charge in [0.05, 0.1) is 6.61 Å². The first-order valence-electron chi connectivity index (χ1n) is 5.85. The standard InChI is InChI=1S/C13H16ClNO3/c1-9-6-10(14)2-3-11(9)12(16)15-7-13(17)4-5-18-8-13/h2-3,6,17H,4-5,7-8H2,1H3,(H,15,16). The van der Waals surface area contributed by atoms with Gasteiger partial charge < -0.3 is 15.2 Å². The maximum absolute atomic E-state index is 12.0. The molecule has 1 aliphatic heterocycles. The number of hydrogen-bond acceptors (Lipinski definition) is 3. The summed E-state index contributed by atoms with van der Waals surface area (Å²) in [6.45, 7) is 2.83. The molecule has 1 aliphatic rings. The molecular weight excluding hydrogens is 254 g/mol. The second-order valence-electron chi connectivity index (χ2n) is 4.67. The first-order chi connectivity index (χ1) is 8.50. The van der Waals surface area contributed by atoms with Crippen molar-refractivity contribution in [3.63, 3.8) is 0 Å². The molecule has 1 fully saturated rings. The number of amides is 1. The van der Waals surface area contributed by atoms with Crippen molar-refractivity contribution in [3.05, 3.63) is 34.3 Å². The number of rotatable bonds is 3. The Bertz CT molecular complexity index is 456. The fourth-order valence-corrected chi connectivity index (χ4v) is 2.18. The van der Waals surface area contributed by atoms with Crippen LogP contribution in [0, 0.1) is 6.92 Å². The van der Waals surface area contributed by atoms with Crippen LogP contribution >= 0.6 is 11.6 Å². The van der Waals surface area contributed by atoms with E-state index in [4.69, 9.17) is 16.3 Å². The van der Waals surface area contributed by atoms with E-state index in [-0.39, 0.29) is 19.1 Å². The zero-order valence-corrected chi connectivity index (χ0v) is 11.0. The molecular formula is C13H16ClNO3. The quantitative estimate of drug-likeness (QED) is 0.875. The van der Waals surface area contributed by atoms with Gasteiger partial charge in [-0.1, -0.05) is 11.6 Å². The van der Waals surface area contributed by atoms with Crippen LogP contribution in [0.2, 0.25) is 5.02 Å². The Balaban J connectivity index is 1.99. The average Bonchev–Trinajstić information content (AvgIpc) is 2.74. The van der Waals surface area contributed by atoms with Gasteiger partial charge in [-0.2, -0.15) is 0 Å². The van der Waals surface area contributed by atoms with Gasteiger partial charge in [0.25, 0.3) is 5.91 Å². The number of benzene rings is 1. The Labute approximate surface area is 111 Å². The van der Waals surface area contributed by atoms with Crippen LogP contribution in [0.3, 0.4) is 0 Å². The van der Waals surface area contributed by atoms with Crippen molar-refractivity contribution in [1.82, 2.24) is 5.32 Å². The van der Waals surface area contributed by atoms with Crippen LogP contribution in [0.1, 0.15) is 22.3 Å². The van der Waals surface area contributed by atoms with Crippen LogP contribution in [0.4, 0.5) is 0 Å². The van der Waals surface area contributed by atoms with Crippen LogP contribution in [0.5, 0.6) is 0 Å². The Kier molecular flexibility index (Phi) is 3.90. The Hall–Kier alpha value is -1.10. The van der Waals surface area contributed by atoms with E-state index in [1.165, 1.54) is 0 Å². The molecule has 98 valence electrons. The summed E-state index contributed by atoms with van der Waals surface area (Å²) in [7, 11) is 0. The van der Waals surface area contributed by atoms with E-state index in [0.717, 1.165) is 5.56 Å². The van der Waals surface area contributed by atoms with Gasteiger partial charge in [-0.25, -0.2) is 0 Å². The zero-order chi connectivity index (χ0) is 13.2. The van der Waals surface area contributed by atoms with Gasteiger partial charge in [0.15, 0.2) is 0 Å². The van der Waals surface area contributed by atoms with Crippen molar-refractivity contribution in [2.75, 3.05) is 19.8 Å². The highest BCUT2D eigenvalue weighted by atomic mass is 35.5. The molecule has 1 unspecified atom stereocenters. The molecule has 1 aromatic rings. The summed E-state index contributed by atoms with van der Waals surface area (Å²) < 4.78 is 5.12. The van der Waals surface area contributed by atoms with E-state index in [9.17, 15) is 9.90 Å². The van der Waals surface area contributed by atoms with Gasteiger partial charge in [-0.05, 0) is 30.7 Å². The van der Waals surface area contributed by atoms with Crippen molar-refractivity contribution in [2.45, 2.75) is 18.9 Å². The second kappa shape index (κ2) is 5.26. The van der Waals surface area contributed by atoms with Crippen LogP contribution in [-0.4, -0.2) is 36.4 Å². The fraction of sp³-hybridized carbons (Fsp3) is 0.462. The molecule has 4 nitrogen and oxygen atoms in total. The number of ether oxygens (including phenoxy) is 1. The largest absolute Gasteiger partial charge is 0.386 e. The van der Waals surface area contributed by atoms with Gasteiger partial charge in [0.1, 0.15) is 5.60 Å². The molecule has 1 aromatic carbocycles. The predicted octanol–water partition coefficient (Wildman–Crippen LogP) is 1.53. The van der Waals surface area contributed by atoms with Gasteiger partial charge in [0.2, 0.25) is 0 Å². The molecule has 2 N–H and O–H groups in total. The molecule has 1 atom stereocenters. The molecule has 1 heterocycles. The zero-order valence-electron chi connectivity index (χ0n) is 10.2. The number of carbonyl (C=O) groups is 1. The molecule has 0 radical (unpaired) electrons. The predicted molar refractivity (Wildman–Crippen MR) is 68.9 cm³/mol. The first-order valence-corrected chi connectivity index (χ1v) is 6.22. The van der Waals surface area contributed by atoms with Crippen LogP contribution < -0.4 is 5.32 Å². The summed E-state index contributed by atoms with van der Waals surface area (Å²) in [6.07, 6.45) is 0.548. The van der Waals surface area contributed by atoms with Crippen molar-refractivity contribution in [1.29, 1.82) is 0 Å². The number of halogens is 1. The molecule has 0 saturated carbocycles.